The highest BCUT2D eigenvalue weighted by atomic mass is 32.2. The number of carbonyl (C=O) groups is 2. The Balaban J connectivity index is 1.63. The lowest BCUT2D eigenvalue weighted by molar-refractivity contribution is -0.123. The minimum absolute atomic E-state index is 0.0600. The number of hydrogen-bond donors (Lipinski definition) is 1. The Hall–Kier alpha value is -3.26. The molecule has 1 heterocycles. The van der Waals surface area contributed by atoms with E-state index in [1.165, 1.54) is 35.5 Å². The molecular weight excluding hydrogens is 422 g/mol. The molecule has 1 N–H and O–H groups in total. The third-order valence-corrected chi connectivity index (χ3v) is 6.57. The standard InChI is InChI=1S/C21H21N3O6S/c1-15(20(25)23-19-5-3-2-4-17(19)14-22)30-21(26)16-6-8-18(9-7-16)31(27,28)24-10-12-29-13-11-24/h2-9,15H,10-13H2,1H3,(H,23,25). The van der Waals surface area contributed by atoms with Crippen molar-refractivity contribution >= 4 is 27.6 Å². The molecule has 0 spiro atoms. The Morgan fingerprint density at radius 1 is 1.13 bits per heavy atom. The van der Waals surface area contributed by atoms with Crippen LogP contribution in [-0.4, -0.2) is 57.0 Å². The van der Waals surface area contributed by atoms with E-state index < -0.39 is 28.0 Å². The molecule has 1 fully saturated rings. The van der Waals surface area contributed by atoms with E-state index in [0.717, 1.165) is 0 Å². The lowest BCUT2D eigenvalue weighted by atomic mass is 10.2. The Bertz CT molecular complexity index is 1100. The molecule has 9 nitrogen and oxygen atoms in total. The van der Waals surface area contributed by atoms with Crippen molar-refractivity contribution in [1.29, 1.82) is 5.26 Å². The minimum atomic E-state index is -3.67. The van der Waals surface area contributed by atoms with E-state index in [4.69, 9.17) is 14.7 Å². The Morgan fingerprint density at radius 3 is 2.42 bits per heavy atom. The number of benzene rings is 2. The van der Waals surface area contributed by atoms with Gasteiger partial charge in [-0.25, -0.2) is 13.2 Å². The van der Waals surface area contributed by atoms with Crippen LogP contribution in [-0.2, 0) is 24.3 Å². The fourth-order valence-electron chi connectivity index (χ4n) is 2.91. The van der Waals surface area contributed by atoms with Crippen molar-refractivity contribution < 1.29 is 27.5 Å². The largest absolute Gasteiger partial charge is 0.449 e. The molecule has 1 aliphatic heterocycles. The summed E-state index contributed by atoms with van der Waals surface area (Å²) in [7, 11) is -3.67. The topological polar surface area (TPSA) is 126 Å². The number of amides is 1. The maximum Gasteiger partial charge on any atom is 0.338 e. The molecule has 3 rings (SSSR count). The smallest absolute Gasteiger partial charge is 0.338 e. The molecule has 162 valence electrons. The van der Waals surface area contributed by atoms with E-state index in [0.29, 0.717) is 18.9 Å². The normalized spacial score (nSPS) is 15.5. The summed E-state index contributed by atoms with van der Waals surface area (Å²) in [4.78, 5) is 24.7. The average Bonchev–Trinajstić information content (AvgIpc) is 2.80. The summed E-state index contributed by atoms with van der Waals surface area (Å²) >= 11 is 0. The summed E-state index contributed by atoms with van der Waals surface area (Å²) in [5, 5.41) is 11.6. The predicted molar refractivity (Wildman–Crippen MR) is 111 cm³/mol. The molecule has 0 saturated carbocycles. The first-order valence-corrected chi connectivity index (χ1v) is 11.0. The number of carbonyl (C=O) groups excluding carboxylic acids is 2. The lowest BCUT2D eigenvalue weighted by Gasteiger charge is -2.26. The number of anilines is 1. The van der Waals surface area contributed by atoms with Crippen molar-refractivity contribution in [2.75, 3.05) is 31.6 Å². The number of nitriles is 1. The molecule has 31 heavy (non-hydrogen) atoms. The van der Waals surface area contributed by atoms with Crippen LogP contribution in [0.2, 0.25) is 0 Å². The monoisotopic (exact) mass is 443 g/mol. The number of sulfonamides is 1. The highest BCUT2D eigenvalue weighted by molar-refractivity contribution is 7.89. The van der Waals surface area contributed by atoms with Crippen molar-refractivity contribution in [1.82, 2.24) is 4.31 Å². The van der Waals surface area contributed by atoms with Gasteiger partial charge in [0, 0.05) is 13.1 Å². The van der Waals surface area contributed by atoms with Crippen LogP contribution in [0.3, 0.4) is 0 Å². The molecular formula is C21H21N3O6S. The third kappa shape index (κ3) is 5.27. The van der Waals surface area contributed by atoms with E-state index in [2.05, 4.69) is 5.32 Å². The van der Waals surface area contributed by atoms with Crippen molar-refractivity contribution in [3.05, 3.63) is 59.7 Å². The van der Waals surface area contributed by atoms with Gasteiger partial charge in [-0.3, -0.25) is 4.79 Å². The second-order valence-electron chi connectivity index (χ2n) is 6.74. The molecule has 0 aromatic heterocycles. The highest BCUT2D eigenvalue weighted by Crippen LogP contribution is 2.19. The second-order valence-corrected chi connectivity index (χ2v) is 8.67. The molecule has 1 aliphatic rings. The van der Waals surface area contributed by atoms with E-state index >= 15 is 0 Å². The Labute approximate surface area is 180 Å². The molecule has 10 heteroatoms. The van der Waals surface area contributed by atoms with Crippen molar-refractivity contribution in [3.63, 3.8) is 0 Å². The summed E-state index contributed by atoms with van der Waals surface area (Å²) in [6.07, 6.45) is -1.13. The first-order chi connectivity index (χ1) is 14.8. The van der Waals surface area contributed by atoms with Gasteiger partial charge in [-0.1, -0.05) is 12.1 Å². The van der Waals surface area contributed by atoms with Crippen molar-refractivity contribution in [3.8, 4) is 6.07 Å². The van der Waals surface area contributed by atoms with Crippen LogP contribution >= 0.6 is 0 Å². The van der Waals surface area contributed by atoms with Crippen LogP contribution in [0.4, 0.5) is 5.69 Å². The number of hydrogen-bond acceptors (Lipinski definition) is 7. The van der Waals surface area contributed by atoms with E-state index in [9.17, 15) is 18.0 Å². The van der Waals surface area contributed by atoms with E-state index in [1.54, 1.807) is 24.3 Å². The second kappa shape index (κ2) is 9.70. The number of rotatable bonds is 6. The summed E-state index contributed by atoms with van der Waals surface area (Å²) in [6.45, 7) is 2.62. The van der Waals surface area contributed by atoms with Crippen LogP contribution < -0.4 is 5.32 Å². The number of nitrogens with one attached hydrogen (secondary N) is 1. The highest BCUT2D eigenvalue weighted by Gasteiger charge is 2.27. The van der Waals surface area contributed by atoms with Gasteiger partial charge in [-0.05, 0) is 43.3 Å². The molecule has 0 radical (unpaired) electrons. The minimum Gasteiger partial charge on any atom is -0.449 e. The van der Waals surface area contributed by atoms with Gasteiger partial charge in [0.15, 0.2) is 6.10 Å². The lowest BCUT2D eigenvalue weighted by Crippen LogP contribution is -2.40. The quantitative estimate of drug-likeness (QED) is 0.674. The van der Waals surface area contributed by atoms with Gasteiger partial charge in [0.1, 0.15) is 6.07 Å². The zero-order valence-corrected chi connectivity index (χ0v) is 17.6. The van der Waals surface area contributed by atoms with Crippen LogP contribution in [0.15, 0.2) is 53.4 Å². The van der Waals surface area contributed by atoms with Gasteiger partial charge < -0.3 is 14.8 Å². The summed E-state index contributed by atoms with van der Waals surface area (Å²) in [5.74, 6) is -1.37. The summed E-state index contributed by atoms with van der Waals surface area (Å²) < 4.78 is 37.0. The van der Waals surface area contributed by atoms with E-state index in [1.807, 2.05) is 6.07 Å². The zero-order chi connectivity index (χ0) is 22.4. The van der Waals surface area contributed by atoms with Crippen LogP contribution in [0.1, 0.15) is 22.8 Å². The van der Waals surface area contributed by atoms with Gasteiger partial charge >= 0.3 is 5.97 Å². The maximum absolute atomic E-state index is 12.6. The molecule has 2 aromatic carbocycles. The maximum atomic E-state index is 12.6. The van der Waals surface area contributed by atoms with Gasteiger partial charge in [0.2, 0.25) is 10.0 Å². The summed E-state index contributed by atoms with van der Waals surface area (Å²) in [6, 6.07) is 13.8. The molecule has 1 unspecified atom stereocenters. The van der Waals surface area contributed by atoms with Gasteiger partial charge in [0.25, 0.3) is 5.91 Å². The molecule has 1 amide bonds. The van der Waals surface area contributed by atoms with E-state index in [-0.39, 0.29) is 29.1 Å². The van der Waals surface area contributed by atoms with Crippen molar-refractivity contribution in [2.45, 2.75) is 17.9 Å². The van der Waals surface area contributed by atoms with Crippen LogP contribution in [0.5, 0.6) is 0 Å². The fourth-order valence-corrected chi connectivity index (χ4v) is 4.31. The Kier molecular flexibility index (Phi) is 7.02. The zero-order valence-electron chi connectivity index (χ0n) is 16.8. The molecule has 0 aliphatic carbocycles. The van der Waals surface area contributed by atoms with Crippen molar-refractivity contribution in [2.24, 2.45) is 0 Å². The number of esters is 1. The summed E-state index contributed by atoms with van der Waals surface area (Å²) in [5.41, 5.74) is 0.708. The predicted octanol–water partition coefficient (Wildman–Crippen LogP) is 1.76. The first kappa shape index (κ1) is 22.4. The van der Waals surface area contributed by atoms with Crippen LogP contribution in [0, 0.1) is 11.3 Å². The number of para-hydroxylation sites is 1. The number of morpholine rings is 1. The van der Waals surface area contributed by atoms with Gasteiger partial charge in [0.05, 0.1) is 34.9 Å². The molecule has 1 atom stereocenters. The third-order valence-electron chi connectivity index (χ3n) is 4.66. The van der Waals surface area contributed by atoms with Gasteiger partial charge in [-0.2, -0.15) is 9.57 Å². The first-order valence-electron chi connectivity index (χ1n) is 9.52. The SMILES string of the molecule is CC(OC(=O)c1ccc(S(=O)(=O)N2CCOCC2)cc1)C(=O)Nc1ccccc1C#N. The number of ether oxygens (including phenoxy) is 2. The molecule has 0 bridgehead atoms. The molecule has 1 saturated heterocycles. The molecule has 2 aromatic rings. The number of nitrogens with zero attached hydrogens (tertiary/aromatic N) is 2. The Morgan fingerprint density at radius 2 is 1.77 bits per heavy atom. The van der Waals surface area contributed by atoms with Gasteiger partial charge in [-0.15, -0.1) is 0 Å². The average molecular weight is 443 g/mol. The fraction of sp³-hybridized carbons (Fsp3) is 0.286. The van der Waals surface area contributed by atoms with Crippen LogP contribution in [0.25, 0.3) is 0 Å².